The number of hydrogen-bond acceptors (Lipinski definition) is 2. The zero-order valence-electron chi connectivity index (χ0n) is 11.2. The molecular formula is C16H17FO2. The summed E-state index contributed by atoms with van der Waals surface area (Å²) in [4.78, 5) is 0. The van der Waals surface area contributed by atoms with E-state index in [2.05, 4.69) is 6.92 Å². The van der Waals surface area contributed by atoms with Gasteiger partial charge in [-0.3, -0.25) is 0 Å². The van der Waals surface area contributed by atoms with Crippen molar-refractivity contribution in [3.63, 3.8) is 0 Å². The largest absolute Gasteiger partial charge is 0.493 e. The van der Waals surface area contributed by atoms with Crippen LogP contribution in [-0.4, -0.2) is 7.11 Å². The molecule has 2 rings (SSSR count). The SMILES string of the molecule is CCc1ccc(OCc2ccc(F)cc2)c(OC)c1. The maximum atomic E-state index is 12.8. The molecule has 0 bridgehead atoms. The van der Waals surface area contributed by atoms with Gasteiger partial charge in [0.05, 0.1) is 7.11 Å². The normalized spacial score (nSPS) is 10.3. The number of rotatable bonds is 5. The molecule has 0 spiro atoms. The lowest BCUT2D eigenvalue weighted by atomic mass is 10.1. The molecule has 0 aliphatic carbocycles. The van der Waals surface area contributed by atoms with Crippen LogP contribution in [0.3, 0.4) is 0 Å². The van der Waals surface area contributed by atoms with E-state index < -0.39 is 0 Å². The van der Waals surface area contributed by atoms with Crippen molar-refractivity contribution in [2.45, 2.75) is 20.0 Å². The van der Waals surface area contributed by atoms with Gasteiger partial charge in [0.1, 0.15) is 12.4 Å². The lowest BCUT2D eigenvalue weighted by Gasteiger charge is -2.11. The minimum absolute atomic E-state index is 0.242. The van der Waals surface area contributed by atoms with Gasteiger partial charge >= 0.3 is 0 Å². The maximum absolute atomic E-state index is 12.8. The van der Waals surface area contributed by atoms with Crippen LogP contribution >= 0.6 is 0 Å². The van der Waals surface area contributed by atoms with Gasteiger partial charge in [0.15, 0.2) is 11.5 Å². The molecule has 0 saturated heterocycles. The summed E-state index contributed by atoms with van der Waals surface area (Å²) in [6.45, 7) is 2.48. The maximum Gasteiger partial charge on any atom is 0.161 e. The van der Waals surface area contributed by atoms with Gasteiger partial charge in [0.2, 0.25) is 0 Å². The Morgan fingerprint density at radius 2 is 1.63 bits per heavy atom. The minimum Gasteiger partial charge on any atom is -0.493 e. The Hall–Kier alpha value is -2.03. The first-order valence-corrected chi connectivity index (χ1v) is 6.27. The van der Waals surface area contributed by atoms with Crippen molar-refractivity contribution >= 4 is 0 Å². The summed E-state index contributed by atoms with van der Waals surface area (Å²) in [5, 5.41) is 0. The number of benzene rings is 2. The first kappa shape index (κ1) is 13.4. The highest BCUT2D eigenvalue weighted by atomic mass is 19.1. The van der Waals surface area contributed by atoms with Crippen molar-refractivity contribution in [3.8, 4) is 11.5 Å². The van der Waals surface area contributed by atoms with Crippen LogP contribution in [0, 0.1) is 5.82 Å². The third-order valence-electron chi connectivity index (χ3n) is 2.94. The molecule has 0 aliphatic rings. The van der Waals surface area contributed by atoms with Gasteiger partial charge in [0.25, 0.3) is 0 Å². The van der Waals surface area contributed by atoms with E-state index in [1.807, 2.05) is 18.2 Å². The van der Waals surface area contributed by atoms with Crippen LogP contribution in [0.2, 0.25) is 0 Å². The van der Waals surface area contributed by atoms with Gasteiger partial charge in [-0.25, -0.2) is 4.39 Å². The van der Waals surface area contributed by atoms with Crippen LogP contribution in [0.1, 0.15) is 18.1 Å². The molecule has 0 amide bonds. The van der Waals surface area contributed by atoms with Gasteiger partial charge in [-0.1, -0.05) is 25.1 Å². The lowest BCUT2D eigenvalue weighted by Crippen LogP contribution is -1.98. The van der Waals surface area contributed by atoms with Crippen molar-refractivity contribution in [2.24, 2.45) is 0 Å². The molecular weight excluding hydrogens is 243 g/mol. The van der Waals surface area contributed by atoms with Crippen LogP contribution in [0.25, 0.3) is 0 Å². The van der Waals surface area contributed by atoms with E-state index in [0.717, 1.165) is 17.7 Å². The minimum atomic E-state index is -0.242. The second-order valence-electron chi connectivity index (χ2n) is 4.25. The molecule has 0 N–H and O–H groups in total. The monoisotopic (exact) mass is 260 g/mol. The van der Waals surface area contributed by atoms with E-state index in [4.69, 9.17) is 9.47 Å². The van der Waals surface area contributed by atoms with Crippen LogP contribution < -0.4 is 9.47 Å². The van der Waals surface area contributed by atoms with Gasteiger partial charge in [-0.05, 0) is 41.8 Å². The number of hydrogen-bond donors (Lipinski definition) is 0. The zero-order chi connectivity index (χ0) is 13.7. The van der Waals surface area contributed by atoms with E-state index in [9.17, 15) is 4.39 Å². The predicted octanol–water partition coefficient (Wildman–Crippen LogP) is 3.98. The number of halogens is 1. The Morgan fingerprint density at radius 3 is 2.26 bits per heavy atom. The molecule has 0 aromatic heterocycles. The summed E-state index contributed by atoms with van der Waals surface area (Å²) in [5.74, 6) is 1.18. The Morgan fingerprint density at radius 1 is 0.947 bits per heavy atom. The standard InChI is InChI=1S/C16H17FO2/c1-3-12-6-9-15(16(10-12)18-2)19-11-13-4-7-14(17)8-5-13/h4-10H,3,11H2,1-2H3. The fourth-order valence-corrected chi connectivity index (χ4v) is 1.79. The summed E-state index contributed by atoms with van der Waals surface area (Å²) in [6.07, 6.45) is 0.953. The van der Waals surface area contributed by atoms with Gasteiger partial charge in [-0.2, -0.15) is 0 Å². The molecule has 2 aromatic carbocycles. The van der Waals surface area contributed by atoms with Crippen LogP contribution in [-0.2, 0) is 13.0 Å². The molecule has 3 heteroatoms. The molecule has 0 unspecified atom stereocenters. The summed E-state index contributed by atoms with van der Waals surface area (Å²) < 4.78 is 23.8. The summed E-state index contributed by atoms with van der Waals surface area (Å²) in [7, 11) is 1.62. The van der Waals surface area contributed by atoms with Crippen molar-refractivity contribution in [1.82, 2.24) is 0 Å². The van der Waals surface area contributed by atoms with E-state index in [-0.39, 0.29) is 5.82 Å². The van der Waals surface area contributed by atoms with Gasteiger partial charge in [0, 0.05) is 0 Å². The number of methoxy groups -OCH3 is 1. The third kappa shape index (κ3) is 3.47. The van der Waals surface area contributed by atoms with E-state index in [1.165, 1.54) is 17.7 Å². The fraction of sp³-hybridized carbons (Fsp3) is 0.250. The number of ether oxygens (including phenoxy) is 2. The number of aryl methyl sites for hydroxylation is 1. The molecule has 100 valence electrons. The highest BCUT2D eigenvalue weighted by molar-refractivity contribution is 5.43. The Bertz CT molecular complexity index is 535. The van der Waals surface area contributed by atoms with E-state index in [1.54, 1.807) is 19.2 Å². The molecule has 0 atom stereocenters. The Kier molecular flexibility index (Phi) is 4.39. The topological polar surface area (TPSA) is 18.5 Å². The van der Waals surface area contributed by atoms with Crippen LogP contribution in [0.5, 0.6) is 11.5 Å². The first-order chi connectivity index (χ1) is 9.22. The third-order valence-corrected chi connectivity index (χ3v) is 2.94. The predicted molar refractivity (Wildman–Crippen MR) is 73.1 cm³/mol. The Labute approximate surface area is 112 Å². The first-order valence-electron chi connectivity index (χ1n) is 6.27. The summed E-state index contributed by atoms with van der Waals surface area (Å²) in [5.41, 5.74) is 2.12. The van der Waals surface area contributed by atoms with Crippen molar-refractivity contribution < 1.29 is 13.9 Å². The van der Waals surface area contributed by atoms with Crippen molar-refractivity contribution in [3.05, 3.63) is 59.4 Å². The second kappa shape index (κ2) is 6.23. The van der Waals surface area contributed by atoms with Crippen LogP contribution in [0.15, 0.2) is 42.5 Å². The van der Waals surface area contributed by atoms with Crippen molar-refractivity contribution in [1.29, 1.82) is 0 Å². The highest BCUT2D eigenvalue weighted by Crippen LogP contribution is 2.29. The van der Waals surface area contributed by atoms with Crippen LogP contribution in [0.4, 0.5) is 4.39 Å². The molecule has 2 nitrogen and oxygen atoms in total. The average Bonchev–Trinajstić information content (AvgIpc) is 2.46. The summed E-state index contributed by atoms with van der Waals surface area (Å²) >= 11 is 0. The molecule has 0 heterocycles. The van der Waals surface area contributed by atoms with Crippen molar-refractivity contribution in [2.75, 3.05) is 7.11 Å². The molecule has 19 heavy (non-hydrogen) atoms. The molecule has 0 fully saturated rings. The lowest BCUT2D eigenvalue weighted by molar-refractivity contribution is 0.284. The molecule has 0 saturated carbocycles. The van der Waals surface area contributed by atoms with Gasteiger partial charge < -0.3 is 9.47 Å². The second-order valence-corrected chi connectivity index (χ2v) is 4.25. The molecule has 0 radical (unpaired) electrons. The summed E-state index contributed by atoms with van der Waals surface area (Å²) in [6, 6.07) is 12.2. The molecule has 2 aromatic rings. The molecule has 0 aliphatic heterocycles. The quantitative estimate of drug-likeness (QED) is 0.809. The smallest absolute Gasteiger partial charge is 0.161 e. The van der Waals surface area contributed by atoms with Gasteiger partial charge in [-0.15, -0.1) is 0 Å². The van der Waals surface area contributed by atoms with E-state index >= 15 is 0 Å². The highest BCUT2D eigenvalue weighted by Gasteiger charge is 2.05. The fourth-order valence-electron chi connectivity index (χ4n) is 1.79. The average molecular weight is 260 g/mol. The van der Waals surface area contributed by atoms with E-state index in [0.29, 0.717) is 12.4 Å². The Balaban J connectivity index is 2.08. The zero-order valence-corrected chi connectivity index (χ0v) is 11.2.